The third kappa shape index (κ3) is 3.05. The van der Waals surface area contributed by atoms with Gasteiger partial charge in [0.2, 0.25) is 10.0 Å². The van der Waals surface area contributed by atoms with Crippen LogP contribution >= 0.6 is 0 Å². The molecule has 0 spiro atoms. The Kier molecular flexibility index (Phi) is 4.51. The van der Waals surface area contributed by atoms with E-state index in [2.05, 4.69) is 14.9 Å². The average Bonchev–Trinajstić information content (AvgIpc) is 2.61. The molecular formula is C13H24N4O2S. The van der Waals surface area contributed by atoms with Gasteiger partial charge < -0.3 is 5.73 Å². The molecular weight excluding hydrogens is 276 g/mol. The highest BCUT2D eigenvalue weighted by atomic mass is 32.2. The topological polar surface area (TPSA) is 101 Å². The number of nitrogens with zero attached hydrogens (tertiary/aromatic N) is 1. The van der Waals surface area contributed by atoms with Crippen LogP contribution in [0.15, 0.2) is 4.90 Å². The van der Waals surface area contributed by atoms with Crippen LogP contribution < -0.4 is 10.5 Å². The van der Waals surface area contributed by atoms with Crippen molar-refractivity contribution < 1.29 is 8.42 Å². The Bertz CT molecular complexity index is 537. The molecule has 2 rings (SSSR count). The zero-order valence-electron chi connectivity index (χ0n) is 12.2. The molecule has 20 heavy (non-hydrogen) atoms. The van der Waals surface area contributed by atoms with Crippen LogP contribution in [0.1, 0.15) is 49.9 Å². The highest BCUT2D eigenvalue weighted by Gasteiger charge is 2.36. The lowest BCUT2D eigenvalue weighted by Crippen LogP contribution is -2.53. The van der Waals surface area contributed by atoms with Crippen molar-refractivity contribution in [3.63, 3.8) is 0 Å². The standard InChI is InChI=1S/C13H24N4O2S/c1-10-12(11(2)16-15-10)20(18,19)17-13(9-14)7-5-3-4-6-8-13/h17H,3-9,14H2,1-2H3,(H,15,16). The number of aromatic amines is 1. The van der Waals surface area contributed by atoms with E-state index in [1.165, 1.54) is 0 Å². The van der Waals surface area contributed by atoms with E-state index in [1.807, 2.05) is 0 Å². The van der Waals surface area contributed by atoms with E-state index in [0.717, 1.165) is 38.5 Å². The predicted molar refractivity (Wildman–Crippen MR) is 77.9 cm³/mol. The van der Waals surface area contributed by atoms with Crippen LogP contribution in [-0.2, 0) is 10.0 Å². The van der Waals surface area contributed by atoms with Gasteiger partial charge in [0, 0.05) is 12.1 Å². The third-order valence-electron chi connectivity index (χ3n) is 4.13. The first kappa shape index (κ1) is 15.5. The molecule has 1 aliphatic carbocycles. The molecule has 1 saturated carbocycles. The van der Waals surface area contributed by atoms with Crippen molar-refractivity contribution >= 4 is 10.0 Å². The van der Waals surface area contributed by atoms with Gasteiger partial charge in [-0.15, -0.1) is 0 Å². The molecule has 0 amide bonds. The molecule has 1 aliphatic rings. The largest absolute Gasteiger partial charge is 0.329 e. The number of H-pyrrole nitrogens is 1. The first-order valence-electron chi connectivity index (χ1n) is 7.16. The average molecular weight is 300 g/mol. The number of rotatable bonds is 4. The van der Waals surface area contributed by atoms with Gasteiger partial charge in [0.05, 0.1) is 11.4 Å². The van der Waals surface area contributed by atoms with E-state index in [1.54, 1.807) is 13.8 Å². The Hall–Kier alpha value is -0.920. The lowest BCUT2D eigenvalue weighted by atomic mass is 9.92. The van der Waals surface area contributed by atoms with Gasteiger partial charge in [-0.2, -0.15) is 5.10 Å². The maximum absolute atomic E-state index is 12.7. The molecule has 0 saturated heterocycles. The minimum atomic E-state index is -3.59. The van der Waals surface area contributed by atoms with E-state index >= 15 is 0 Å². The summed E-state index contributed by atoms with van der Waals surface area (Å²) < 4.78 is 28.2. The molecule has 1 aromatic rings. The van der Waals surface area contributed by atoms with Crippen LogP contribution in [0.25, 0.3) is 0 Å². The zero-order valence-corrected chi connectivity index (χ0v) is 13.0. The van der Waals surface area contributed by atoms with Crippen LogP contribution in [0.2, 0.25) is 0 Å². The lowest BCUT2D eigenvalue weighted by molar-refractivity contribution is 0.342. The molecule has 0 aliphatic heterocycles. The second-order valence-electron chi connectivity index (χ2n) is 5.77. The second kappa shape index (κ2) is 5.83. The fourth-order valence-corrected chi connectivity index (χ4v) is 4.87. The fourth-order valence-electron chi connectivity index (χ4n) is 3.03. The van der Waals surface area contributed by atoms with Gasteiger partial charge in [-0.3, -0.25) is 5.10 Å². The minimum absolute atomic E-state index is 0.259. The van der Waals surface area contributed by atoms with Gasteiger partial charge in [-0.05, 0) is 26.7 Å². The van der Waals surface area contributed by atoms with Crippen LogP contribution in [0, 0.1) is 13.8 Å². The highest BCUT2D eigenvalue weighted by molar-refractivity contribution is 7.89. The van der Waals surface area contributed by atoms with Crippen molar-refractivity contribution in [1.82, 2.24) is 14.9 Å². The van der Waals surface area contributed by atoms with Gasteiger partial charge in [0.1, 0.15) is 4.90 Å². The van der Waals surface area contributed by atoms with Gasteiger partial charge >= 0.3 is 0 Å². The van der Waals surface area contributed by atoms with Crippen LogP contribution in [0.5, 0.6) is 0 Å². The molecule has 0 bridgehead atoms. The molecule has 6 nitrogen and oxygen atoms in total. The van der Waals surface area contributed by atoms with Gasteiger partial charge in [-0.25, -0.2) is 13.1 Å². The Morgan fingerprint density at radius 1 is 1.25 bits per heavy atom. The van der Waals surface area contributed by atoms with Gasteiger partial charge in [0.15, 0.2) is 0 Å². The smallest absolute Gasteiger partial charge is 0.244 e. The molecule has 0 aromatic carbocycles. The maximum Gasteiger partial charge on any atom is 0.244 e. The molecule has 1 aromatic heterocycles. The van der Waals surface area contributed by atoms with E-state index in [9.17, 15) is 8.42 Å². The Morgan fingerprint density at radius 3 is 2.30 bits per heavy atom. The van der Waals surface area contributed by atoms with E-state index in [4.69, 9.17) is 5.73 Å². The Labute approximate surface area is 120 Å². The minimum Gasteiger partial charge on any atom is -0.329 e. The number of sulfonamides is 1. The summed E-state index contributed by atoms with van der Waals surface area (Å²) in [6.07, 6.45) is 5.93. The van der Waals surface area contributed by atoms with Crippen LogP contribution in [-0.4, -0.2) is 30.7 Å². The number of nitrogens with one attached hydrogen (secondary N) is 2. The molecule has 0 radical (unpaired) electrons. The first-order valence-corrected chi connectivity index (χ1v) is 8.64. The van der Waals surface area contributed by atoms with Gasteiger partial charge in [0.25, 0.3) is 0 Å². The van der Waals surface area contributed by atoms with Crippen molar-refractivity contribution in [3.8, 4) is 0 Å². The predicted octanol–water partition coefficient (Wildman–Crippen LogP) is 1.36. The number of aryl methyl sites for hydroxylation is 2. The number of aromatic nitrogens is 2. The molecule has 114 valence electrons. The van der Waals surface area contributed by atoms with Crippen molar-refractivity contribution in [2.45, 2.75) is 62.8 Å². The first-order chi connectivity index (χ1) is 9.40. The van der Waals surface area contributed by atoms with Crippen LogP contribution in [0.4, 0.5) is 0 Å². The summed E-state index contributed by atoms with van der Waals surface area (Å²) in [4.78, 5) is 0.259. The normalized spacial score (nSPS) is 19.8. The lowest BCUT2D eigenvalue weighted by Gasteiger charge is -2.32. The van der Waals surface area contributed by atoms with Gasteiger partial charge in [-0.1, -0.05) is 25.7 Å². The maximum atomic E-state index is 12.7. The van der Waals surface area contributed by atoms with Crippen molar-refractivity contribution in [3.05, 3.63) is 11.4 Å². The molecule has 7 heteroatoms. The van der Waals surface area contributed by atoms with Crippen molar-refractivity contribution in [2.75, 3.05) is 6.54 Å². The van der Waals surface area contributed by atoms with E-state index < -0.39 is 15.6 Å². The summed E-state index contributed by atoms with van der Waals surface area (Å²) in [5.41, 5.74) is 6.45. The zero-order chi connectivity index (χ0) is 14.8. The quantitative estimate of drug-likeness (QED) is 0.731. The SMILES string of the molecule is Cc1n[nH]c(C)c1S(=O)(=O)NC1(CN)CCCCCC1. The van der Waals surface area contributed by atoms with E-state index in [0.29, 0.717) is 17.9 Å². The van der Waals surface area contributed by atoms with Crippen LogP contribution in [0.3, 0.4) is 0 Å². The molecule has 0 unspecified atom stereocenters. The second-order valence-corrected chi connectivity index (χ2v) is 7.39. The number of nitrogens with two attached hydrogens (primary N) is 1. The monoisotopic (exact) mass is 300 g/mol. The third-order valence-corrected chi connectivity index (χ3v) is 5.97. The summed E-state index contributed by atoms with van der Waals surface area (Å²) in [6, 6.07) is 0. The molecule has 1 fully saturated rings. The summed E-state index contributed by atoms with van der Waals surface area (Å²) in [5, 5.41) is 6.69. The summed E-state index contributed by atoms with van der Waals surface area (Å²) >= 11 is 0. The van der Waals surface area contributed by atoms with Crippen molar-refractivity contribution in [2.24, 2.45) is 5.73 Å². The molecule has 4 N–H and O–H groups in total. The Balaban J connectivity index is 2.30. The highest BCUT2D eigenvalue weighted by Crippen LogP contribution is 2.29. The summed E-state index contributed by atoms with van der Waals surface area (Å²) in [6.45, 7) is 3.75. The van der Waals surface area contributed by atoms with E-state index in [-0.39, 0.29) is 4.90 Å². The fraction of sp³-hybridized carbons (Fsp3) is 0.769. The molecule has 0 atom stereocenters. The number of hydrogen-bond donors (Lipinski definition) is 3. The number of hydrogen-bond acceptors (Lipinski definition) is 4. The summed E-state index contributed by atoms with van der Waals surface area (Å²) in [5.74, 6) is 0. The summed E-state index contributed by atoms with van der Waals surface area (Å²) in [7, 11) is -3.59. The Morgan fingerprint density at radius 2 is 1.85 bits per heavy atom. The molecule has 1 heterocycles. The van der Waals surface area contributed by atoms with Crippen molar-refractivity contribution in [1.29, 1.82) is 0 Å².